The second kappa shape index (κ2) is 7.84. The van der Waals surface area contributed by atoms with Crippen molar-refractivity contribution in [1.82, 2.24) is 10.6 Å². The molecule has 0 heterocycles. The van der Waals surface area contributed by atoms with Crippen molar-refractivity contribution in [2.24, 2.45) is 0 Å². The van der Waals surface area contributed by atoms with Gasteiger partial charge in [-0.1, -0.05) is 0 Å². The van der Waals surface area contributed by atoms with E-state index in [1.165, 1.54) is 11.1 Å². The summed E-state index contributed by atoms with van der Waals surface area (Å²) in [6, 6.07) is 4.02. The topological polar surface area (TPSA) is 42.5 Å². The molecule has 1 aromatic rings. The van der Waals surface area contributed by atoms with E-state index in [-0.39, 0.29) is 0 Å². The van der Waals surface area contributed by atoms with Gasteiger partial charge >= 0.3 is 0 Å². The van der Waals surface area contributed by atoms with E-state index >= 15 is 0 Å². The Labute approximate surface area is 120 Å². The zero-order valence-corrected chi connectivity index (χ0v) is 12.8. The first-order valence-electron chi connectivity index (χ1n) is 6.35. The van der Waals surface area contributed by atoms with E-state index in [4.69, 9.17) is 21.7 Å². The molecule has 2 N–H and O–H groups in total. The van der Waals surface area contributed by atoms with Gasteiger partial charge < -0.3 is 20.1 Å². The second-order valence-corrected chi connectivity index (χ2v) is 4.58. The molecule has 1 aromatic carbocycles. The number of hydrogen-bond donors (Lipinski definition) is 2. The van der Waals surface area contributed by atoms with Gasteiger partial charge in [0.25, 0.3) is 0 Å². The smallest absolute Gasteiger partial charge is 0.166 e. The predicted molar refractivity (Wildman–Crippen MR) is 82.3 cm³/mol. The highest BCUT2D eigenvalue weighted by Gasteiger charge is 2.08. The van der Waals surface area contributed by atoms with Crippen molar-refractivity contribution in [1.29, 1.82) is 0 Å². The van der Waals surface area contributed by atoms with E-state index in [0.717, 1.165) is 31.0 Å². The van der Waals surface area contributed by atoms with E-state index in [2.05, 4.69) is 17.6 Å². The molecule has 0 amide bonds. The van der Waals surface area contributed by atoms with Crippen LogP contribution in [0.5, 0.6) is 11.5 Å². The average Bonchev–Trinajstić information content (AvgIpc) is 2.40. The molecule has 19 heavy (non-hydrogen) atoms. The van der Waals surface area contributed by atoms with Gasteiger partial charge in [0, 0.05) is 13.1 Å². The van der Waals surface area contributed by atoms with Crippen LogP contribution in [0.3, 0.4) is 0 Å². The third-order valence-electron chi connectivity index (χ3n) is 2.86. The number of rotatable bonds is 6. The summed E-state index contributed by atoms with van der Waals surface area (Å²) in [5, 5.41) is 6.93. The average molecular weight is 282 g/mol. The van der Waals surface area contributed by atoms with Crippen molar-refractivity contribution in [2.45, 2.75) is 20.3 Å². The van der Waals surface area contributed by atoms with E-state index in [1.54, 1.807) is 14.2 Å². The number of benzene rings is 1. The standard InChI is InChI=1S/C14H22N2O2S/c1-5-15-14(19)16-7-6-11-9-13(18-4)12(17-3)8-10(11)2/h8-9H,5-7H2,1-4H3,(H2,15,16,19). The first-order valence-corrected chi connectivity index (χ1v) is 6.76. The van der Waals surface area contributed by atoms with Crippen LogP contribution in [0.1, 0.15) is 18.1 Å². The molecule has 0 spiro atoms. The summed E-state index contributed by atoms with van der Waals surface area (Å²) in [6.45, 7) is 5.72. The normalized spacial score (nSPS) is 9.89. The fraction of sp³-hybridized carbons (Fsp3) is 0.500. The lowest BCUT2D eigenvalue weighted by molar-refractivity contribution is 0.354. The number of methoxy groups -OCH3 is 2. The molecule has 106 valence electrons. The van der Waals surface area contributed by atoms with E-state index in [1.807, 2.05) is 19.1 Å². The van der Waals surface area contributed by atoms with Crippen molar-refractivity contribution < 1.29 is 9.47 Å². The summed E-state index contributed by atoms with van der Waals surface area (Å²) < 4.78 is 10.6. The van der Waals surface area contributed by atoms with Crippen molar-refractivity contribution in [3.63, 3.8) is 0 Å². The van der Waals surface area contributed by atoms with Crippen LogP contribution in [-0.4, -0.2) is 32.4 Å². The monoisotopic (exact) mass is 282 g/mol. The van der Waals surface area contributed by atoms with Crippen LogP contribution in [0.4, 0.5) is 0 Å². The van der Waals surface area contributed by atoms with Gasteiger partial charge in [0.05, 0.1) is 14.2 Å². The highest BCUT2D eigenvalue weighted by molar-refractivity contribution is 7.80. The minimum absolute atomic E-state index is 0.695. The first kappa shape index (κ1) is 15.6. The quantitative estimate of drug-likeness (QED) is 0.782. The summed E-state index contributed by atoms with van der Waals surface area (Å²) in [5.74, 6) is 1.53. The van der Waals surface area contributed by atoms with Gasteiger partial charge in [0.1, 0.15) is 0 Å². The van der Waals surface area contributed by atoms with Gasteiger partial charge in [0.2, 0.25) is 0 Å². The lowest BCUT2D eigenvalue weighted by Crippen LogP contribution is -2.36. The van der Waals surface area contributed by atoms with Gasteiger partial charge in [-0.2, -0.15) is 0 Å². The zero-order chi connectivity index (χ0) is 14.3. The molecule has 0 fully saturated rings. The van der Waals surface area contributed by atoms with Crippen molar-refractivity contribution in [2.75, 3.05) is 27.3 Å². The maximum absolute atomic E-state index is 5.31. The molecule has 0 saturated heterocycles. The van der Waals surface area contributed by atoms with Crippen LogP contribution >= 0.6 is 12.2 Å². The Morgan fingerprint density at radius 3 is 2.37 bits per heavy atom. The number of nitrogens with one attached hydrogen (secondary N) is 2. The molecule has 1 rings (SSSR count). The molecule has 0 radical (unpaired) electrons. The highest BCUT2D eigenvalue weighted by Crippen LogP contribution is 2.30. The zero-order valence-electron chi connectivity index (χ0n) is 12.0. The Morgan fingerprint density at radius 2 is 1.79 bits per heavy atom. The maximum atomic E-state index is 5.31. The van der Waals surface area contributed by atoms with Crippen molar-refractivity contribution >= 4 is 17.3 Å². The minimum atomic E-state index is 0.695. The van der Waals surface area contributed by atoms with Gasteiger partial charge in [0.15, 0.2) is 16.6 Å². The Hall–Kier alpha value is -1.49. The van der Waals surface area contributed by atoms with Crippen molar-refractivity contribution in [3.05, 3.63) is 23.3 Å². The molecule has 0 aliphatic carbocycles. The van der Waals surface area contributed by atoms with E-state index in [9.17, 15) is 0 Å². The highest BCUT2D eigenvalue weighted by atomic mass is 32.1. The fourth-order valence-corrected chi connectivity index (χ4v) is 2.07. The lowest BCUT2D eigenvalue weighted by atomic mass is 10.0. The maximum Gasteiger partial charge on any atom is 0.166 e. The Bertz CT molecular complexity index is 436. The van der Waals surface area contributed by atoms with Gasteiger partial charge in [-0.05, 0) is 55.7 Å². The Kier molecular flexibility index (Phi) is 6.42. The minimum Gasteiger partial charge on any atom is -0.493 e. The van der Waals surface area contributed by atoms with Crippen LogP contribution in [-0.2, 0) is 6.42 Å². The number of thiocarbonyl (C=S) groups is 1. The molecule has 0 aliphatic rings. The molecular weight excluding hydrogens is 260 g/mol. The lowest BCUT2D eigenvalue weighted by Gasteiger charge is -2.14. The molecule has 0 unspecified atom stereocenters. The predicted octanol–water partition coefficient (Wildman–Crippen LogP) is 2.04. The molecule has 0 bridgehead atoms. The van der Waals surface area contributed by atoms with Gasteiger partial charge in [-0.25, -0.2) is 0 Å². The first-order chi connectivity index (χ1) is 9.12. The Morgan fingerprint density at radius 1 is 1.16 bits per heavy atom. The van der Waals surface area contributed by atoms with Crippen LogP contribution in [0.2, 0.25) is 0 Å². The number of ether oxygens (including phenoxy) is 2. The largest absolute Gasteiger partial charge is 0.493 e. The third kappa shape index (κ3) is 4.59. The summed E-state index contributed by atoms with van der Waals surface area (Å²) >= 11 is 5.12. The molecule has 0 aromatic heterocycles. The molecule has 0 aliphatic heterocycles. The van der Waals surface area contributed by atoms with E-state index in [0.29, 0.717) is 5.11 Å². The van der Waals surface area contributed by atoms with Crippen LogP contribution in [0.15, 0.2) is 12.1 Å². The summed E-state index contributed by atoms with van der Waals surface area (Å²) in [4.78, 5) is 0. The van der Waals surface area contributed by atoms with Crippen molar-refractivity contribution in [3.8, 4) is 11.5 Å². The summed E-state index contributed by atoms with van der Waals surface area (Å²) in [6.07, 6.45) is 0.887. The SMILES string of the molecule is CCNC(=S)NCCc1cc(OC)c(OC)cc1C. The van der Waals surface area contributed by atoms with Gasteiger partial charge in [-0.15, -0.1) is 0 Å². The van der Waals surface area contributed by atoms with Crippen LogP contribution in [0, 0.1) is 6.92 Å². The fourth-order valence-electron chi connectivity index (χ4n) is 1.83. The van der Waals surface area contributed by atoms with E-state index < -0.39 is 0 Å². The summed E-state index contributed by atoms with van der Waals surface area (Å²) in [5.41, 5.74) is 2.42. The molecule has 0 saturated carbocycles. The second-order valence-electron chi connectivity index (χ2n) is 4.17. The van der Waals surface area contributed by atoms with Gasteiger partial charge in [-0.3, -0.25) is 0 Å². The third-order valence-corrected chi connectivity index (χ3v) is 3.15. The molecule has 0 atom stereocenters. The number of aryl methyl sites for hydroxylation is 1. The molecule has 5 heteroatoms. The van der Waals surface area contributed by atoms with Crippen LogP contribution in [0.25, 0.3) is 0 Å². The molecular formula is C14H22N2O2S. The van der Waals surface area contributed by atoms with Crippen LogP contribution < -0.4 is 20.1 Å². The number of hydrogen-bond acceptors (Lipinski definition) is 3. The Balaban J connectivity index is 2.65. The molecule has 4 nitrogen and oxygen atoms in total. The summed E-state index contributed by atoms with van der Waals surface area (Å²) in [7, 11) is 3.29.